The highest BCUT2D eigenvalue weighted by molar-refractivity contribution is 9.10. The van der Waals surface area contributed by atoms with E-state index in [0.29, 0.717) is 11.6 Å². The second-order valence-corrected chi connectivity index (χ2v) is 8.66. The molecule has 142 valence electrons. The summed E-state index contributed by atoms with van der Waals surface area (Å²) in [7, 11) is 0. The molecule has 3 nitrogen and oxygen atoms in total. The van der Waals surface area contributed by atoms with Gasteiger partial charge in [-0.1, -0.05) is 39.7 Å². The molecular weight excluding hydrogens is 456 g/mol. The lowest BCUT2D eigenvalue weighted by Gasteiger charge is -2.12. The van der Waals surface area contributed by atoms with Gasteiger partial charge in [-0.05, 0) is 65.9 Å². The topological polar surface area (TPSA) is 45.1 Å². The van der Waals surface area contributed by atoms with Gasteiger partial charge in [0.1, 0.15) is 5.75 Å². The quantitative estimate of drug-likeness (QED) is 0.318. The number of nitrogens with zero attached hydrogens (tertiary/aromatic N) is 1. The van der Waals surface area contributed by atoms with Crippen molar-refractivity contribution >= 4 is 49.8 Å². The molecule has 0 radical (unpaired) electrons. The molecule has 0 saturated heterocycles. The minimum Gasteiger partial charge on any atom is -0.506 e. The standard InChI is InChI=1S/C22H18BrClN2OS/c23-18-3-1-14(2-4-18)5-7-25-12-17-9-16-10-21(27)19(24)11-20(16)26-22(17)15-6-8-28-13-15/h1-4,6,8-11,13,25,27H,5,7,12H2. The molecule has 2 aromatic carbocycles. The molecule has 0 aliphatic heterocycles. The maximum atomic E-state index is 9.94. The Hall–Kier alpha value is -1.92. The van der Waals surface area contributed by atoms with E-state index >= 15 is 0 Å². The van der Waals surface area contributed by atoms with Gasteiger partial charge in [0.25, 0.3) is 0 Å². The second kappa shape index (κ2) is 8.62. The first-order valence-corrected chi connectivity index (χ1v) is 11.0. The van der Waals surface area contributed by atoms with E-state index in [1.165, 1.54) is 5.56 Å². The zero-order chi connectivity index (χ0) is 19.5. The number of fused-ring (bicyclic) bond motifs is 1. The summed E-state index contributed by atoms with van der Waals surface area (Å²) < 4.78 is 1.09. The summed E-state index contributed by atoms with van der Waals surface area (Å²) in [4.78, 5) is 4.83. The van der Waals surface area contributed by atoms with Crippen LogP contribution in [-0.2, 0) is 13.0 Å². The molecule has 0 saturated carbocycles. The predicted octanol–water partition coefficient (Wildman–Crippen LogP) is 6.42. The number of pyridine rings is 1. The molecule has 0 bridgehead atoms. The van der Waals surface area contributed by atoms with Crippen molar-refractivity contribution in [3.05, 3.63) is 79.9 Å². The van der Waals surface area contributed by atoms with Crippen LogP contribution in [0.4, 0.5) is 0 Å². The molecule has 28 heavy (non-hydrogen) atoms. The number of phenolic OH excluding ortho intramolecular Hbond substituents is 1. The monoisotopic (exact) mass is 472 g/mol. The molecule has 0 unspecified atom stereocenters. The van der Waals surface area contributed by atoms with E-state index in [2.05, 4.69) is 68.4 Å². The number of thiophene rings is 1. The van der Waals surface area contributed by atoms with Crippen LogP contribution in [0.5, 0.6) is 5.75 Å². The average Bonchev–Trinajstić information content (AvgIpc) is 3.22. The molecule has 0 atom stereocenters. The van der Waals surface area contributed by atoms with Crippen molar-refractivity contribution in [2.24, 2.45) is 0 Å². The zero-order valence-electron chi connectivity index (χ0n) is 15.0. The Balaban J connectivity index is 1.56. The van der Waals surface area contributed by atoms with Gasteiger partial charge in [-0.25, -0.2) is 4.98 Å². The van der Waals surface area contributed by atoms with Crippen LogP contribution in [0.25, 0.3) is 22.2 Å². The van der Waals surface area contributed by atoms with Crippen LogP contribution < -0.4 is 5.32 Å². The molecule has 0 amide bonds. The van der Waals surface area contributed by atoms with E-state index < -0.39 is 0 Å². The SMILES string of the molecule is Oc1cc2cc(CNCCc3ccc(Br)cc3)c(-c3ccsc3)nc2cc1Cl. The molecule has 2 N–H and O–H groups in total. The number of phenols is 1. The highest BCUT2D eigenvalue weighted by Gasteiger charge is 2.12. The van der Waals surface area contributed by atoms with Crippen molar-refractivity contribution in [1.82, 2.24) is 10.3 Å². The number of aromatic hydroxyl groups is 1. The number of halogens is 2. The number of aromatic nitrogens is 1. The fraction of sp³-hybridized carbons (Fsp3) is 0.136. The van der Waals surface area contributed by atoms with Gasteiger partial charge >= 0.3 is 0 Å². The second-order valence-electron chi connectivity index (χ2n) is 6.56. The van der Waals surface area contributed by atoms with Crippen molar-refractivity contribution in [1.29, 1.82) is 0 Å². The Labute approximate surface area is 181 Å². The molecular formula is C22H18BrClN2OS. The van der Waals surface area contributed by atoms with Crippen molar-refractivity contribution in [3.63, 3.8) is 0 Å². The first kappa shape index (κ1) is 19.4. The summed E-state index contributed by atoms with van der Waals surface area (Å²) in [6.07, 6.45) is 0.957. The molecule has 2 heterocycles. The number of rotatable bonds is 6. The predicted molar refractivity (Wildman–Crippen MR) is 121 cm³/mol. The van der Waals surface area contributed by atoms with Gasteiger partial charge in [-0.2, -0.15) is 11.3 Å². The van der Waals surface area contributed by atoms with Gasteiger partial charge in [0.05, 0.1) is 16.2 Å². The molecule has 4 aromatic rings. The molecule has 0 aliphatic rings. The van der Waals surface area contributed by atoms with Gasteiger partial charge in [0.15, 0.2) is 0 Å². The van der Waals surface area contributed by atoms with Gasteiger partial charge in [-0.15, -0.1) is 0 Å². The number of nitrogens with one attached hydrogen (secondary N) is 1. The first-order chi connectivity index (χ1) is 13.6. The third kappa shape index (κ3) is 4.39. The molecule has 0 spiro atoms. The Morgan fingerprint density at radius 3 is 2.68 bits per heavy atom. The summed E-state index contributed by atoms with van der Waals surface area (Å²) in [6, 6.07) is 15.9. The van der Waals surface area contributed by atoms with Crippen LogP contribution in [-0.4, -0.2) is 16.6 Å². The van der Waals surface area contributed by atoms with E-state index in [1.807, 2.05) is 0 Å². The summed E-state index contributed by atoms with van der Waals surface area (Å²) >= 11 is 11.2. The van der Waals surface area contributed by atoms with Crippen LogP contribution in [0.3, 0.4) is 0 Å². The maximum absolute atomic E-state index is 9.94. The van der Waals surface area contributed by atoms with Crippen LogP contribution in [0.2, 0.25) is 5.02 Å². The zero-order valence-corrected chi connectivity index (χ0v) is 18.1. The highest BCUT2D eigenvalue weighted by Crippen LogP contribution is 2.32. The molecule has 0 fully saturated rings. The molecule has 2 aromatic heterocycles. The Kier molecular flexibility index (Phi) is 5.97. The van der Waals surface area contributed by atoms with Gasteiger partial charge < -0.3 is 10.4 Å². The van der Waals surface area contributed by atoms with Gasteiger partial charge in [-0.3, -0.25) is 0 Å². The average molecular weight is 474 g/mol. The Morgan fingerprint density at radius 1 is 1.11 bits per heavy atom. The van der Waals surface area contributed by atoms with Crippen LogP contribution in [0.1, 0.15) is 11.1 Å². The van der Waals surface area contributed by atoms with Gasteiger partial charge in [0, 0.05) is 27.3 Å². The van der Waals surface area contributed by atoms with Gasteiger partial charge in [0.2, 0.25) is 0 Å². The van der Waals surface area contributed by atoms with Crippen LogP contribution in [0, 0.1) is 0 Å². The molecule has 4 rings (SSSR count). The lowest BCUT2D eigenvalue weighted by molar-refractivity contribution is 0.476. The van der Waals surface area contributed by atoms with Crippen LogP contribution >= 0.6 is 38.9 Å². The maximum Gasteiger partial charge on any atom is 0.134 e. The van der Waals surface area contributed by atoms with Crippen LogP contribution in [0.15, 0.2) is 63.8 Å². The smallest absolute Gasteiger partial charge is 0.134 e. The van der Waals surface area contributed by atoms with Crippen molar-refractivity contribution in [2.45, 2.75) is 13.0 Å². The number of hydrogen-bond donors (Lipinski definition) is 2. The Morgan fingerprint density at radius 2 is 1.93 bits per heavy atom. The molecule has 0 aliphatic carbocycles. The summed E-state index contributed by atoms with van der Waals surface area (Å²) in [6.45, 7) is 1.57. The minimum atomic E-state index is 0.0772. The third-order valence-electron chi connectivity index (χ3n) is 4.58. The summed E-state index contributed by atoms with van der Waals surface area (Å²) in [5.74, 6) is 0.0772. The van der Waals surface area contributed by atoms with E-state index in [4.69, 9.17) is 16.6 Å². The van der Waals surface area contributed by atoms with Crippen molar-refractivity contribution in [3.8, 4) is 17.0 Å². The van der Waals surface area contributed by atoms with E-state index in [0.717, 1.165) is 45.2 Å². The van der Waals surface area contributed by atoms with Crippen molar-refractivity contribution < 1.29 is 5.11 Å². The highest BCUT2D eigenvalue weighted by atomic mass is 79.9. The normalized spacial score (nSPS) is 11.2. The van der Waals surface area contributed by atoms with E-state index in [9.17, 15) is 5.11 Å². The third-order valence-corrected chi connectivity index (χ3v) is 6.09. The first-order valence-electron chi connectivity index (χ1n) is 8.90. The van der Waals surface area contributed by atoms with E-state index in [1.54, 1.807) is 23.5 Å². The fourth-order valence-electron chi connectivity index (χ4n) is 3.12. The lowest BCUT2D eigenvalue weighted by atomic mass is 10.0. The summed E-state index contributed by atoms with van der Waals surface area (Å²) in [5, 5.41) is 18.8. The minimum absolute atomic E-state index is 0.0772. The lowest BCUT2D eigenvalue weighted by Crippen LogP contribution is -2.17. The number of benzene rings is 2. The van der Waals surface area contributed by atoms with E-state index in [-0.39, 0.29) is 5.75 Å². The summed E-state index contributed by atoms with van der Waals surface area (Å²) in [5.41, 5.74) is 5.23. The Bertz CT molecular complexity index is 1100. The fourth-order valence-corrected chi connectivity index (χ4v) is 4.18. The number of hydrogen-bond acceptors (Lipinski definition) is 4. The molecule has 6 heteroatoms. The largest absolute Gasteiger partial charge is 0.506 e. The van der Waals surface area contributed by atoms with Crippen molar-refractivity contribution in [2.75, 3.05) is 6.54 Å².